The Labute approximate surface area is 267 Å². The Morgan fingerprint density at radius 2 is 1.59 bits per heavy atom. The maximum Gasteiger partial charge on any atom is 0.373 e. The van der Waals surface area contributed by atoms with Gasteiger partial charge in [0.1, 0.15) is 7.05 Å². The predicted octanol–water partition coefficient (Wildman–Crippen LogP) is 6.91. The number of carbonyl (C=O) groups is 2. The highest BCUT2D eigenvalue weighted by molar-refractivity contribution is 6.19. The van der Waals surface area contributed by atoms with Crippen LogP contribution in [0.2, 0.25) is 0 Å². The smallest absolute Gasteiger partial charge is 0.373 e. The fourth-order valence-electron chi connectivity index (χ4n) is 7.69. The van der Waals surface area contributed by atoms with Crippen molar-refractivity contribution in [2.75, 3.05) is 19.0 Å². The Balaban J connectivity index is 0.00000119. The Morgan fingerprint density at radius 3 is 2.26 bits per heavy atom. The van der Waals surface area contributed by atoms with E-state index in [1.807, 2.05) is 37.4 Å². The number of carboxylic acids is 1. The second-order valence-corrected chi connectivity index (χ2v) is 13.1. The number of likely N-dealkylation sites (N-methyl/N-ethyl adjacent to an activating group) is 1. The third-order valence-corrected chi connectivity index (χ3v) is 9.93. The zero-order valence-corrected chi connectivity index (χ0v) is 26.6. The summed E-state index contributed by atoms with van der Waals surface area (Å²) in [6.45, 7) is 15.4. The van der Waals surface area contributed by atoms with E-state index in [2.05, 4.69) is 80.6 Å². The highest BCUT2D eigenvalue weighted by atomic mass is 16.4. The van der Waals surface area contributed by atoms with Gasteiger partial charge in [0.25, 0.3) is 0 Å². The number of anilines is 1. The number of carboxylic acid groups (broad SMARTS) is 1. The van der Waals surface area contributed by atoms with Gasteiger partial charge in [-0.3, -0.25) is 6.58 Å². The SMILES string of the molecule is O=C=O.[CH-]=C1C(=CC2=[N+](C)c3ccc4ccccc4c3C2(C)C)C(=O)C1C=C1N(C)c2ccc3cc(C(=O)O)ccc3c2C1(C)C. The lowest BCUT2D eigenvalue weighted by molar-refractivity contribution is -0.401. The van der Waals surface area contributed by atoms with Gasteiger partial charge in [0, 0.05) is 41.4 Å². The third-order valence-electron chi connectivity index (χ3n) is 9.93. The minimum absolute atomic E-state index is 0.0265. The number of aromatic carboxylic acids is 1. The molecule has 2 aliphatic heterocycles. The van der Waals surface area contributed by atoms with E-state index in [0.717, 1.165) is 39.1 Å². The van der Waals surface area contributed by atoms with Crippen molar-refractivity contribution in [2.24, 2.45) is 5.92 Å². The van der Waals surface area contributed by atoms with E-state index >= 15 is 0 Å². The molecule has 7 rings (SSSR count). The van der Waals surface area contributed by atoms with Crippen LogP contribution in [0.15, 0.2) is 95.7 Å². The molecule has 7 nitrogen and oxygen atoms in total. The van der Waals surface area contributed by atoms with Crippen LogP contribution in [-0.4, -0.2) is 47.4 Å². The summed E-state index contributed by atoms with van der Waals surface area (Å²) < 4.78 is 2.19. The standard InChI is InChI=1S/C38H34N2O3.CO2/c1-21-27(19-31-37(2,3)33-25-11-9-8-10-22(25)13-16-29(33)39(31)6)35(41)28(21)20-32-38(4,5)34-26-15-12-24(36(42)43)18-23(26)14-17-30(34)40(32)7;2-1-3/h1,8-20,28H,2-7H3,(H,42,43);. The summed E-state index contributed by atoms with van der Waals surface area (Å²) in [7, 11) is 4.07. The number of rotatable bonds is 3. The van der Waals surface area contributed by atoms with Crippen LogP contribution >= 0.6 is 0 Å². The summed E-state index contributed by atoms with van der Waals surface area (Å²) in [6, 6.07) is 22.0. The van der Waals surface area contributed by atoms with E-state index in [-0.39, 0.29) is 22.9 Å². The number of hydrogen-bond acceptors (Lipinski definition) is 5. The summed E-state index contributed by atoms with van der Waals surface area (Å²) in [6.07, 6.45) is 4.26. The second-order valence-electron chi connectivity index (χ2n) is 13.1. The maximum absolute atomic E-state index is 13.7. The molecule has 1 fully saturated rings. The first-order valence-electron chi connectivity index (χ1n) is 15.0. The van der Waals surface area contributed by atoms with E-state index in [1.54, 1.807) is 12.1 Å². The fourth-order valence-corrected chi connectivity index (χ4v) is 7.69. The summed E-state index contributed by atoms with van der Waals surface area (Å²) >= 11 is 0. The molecular weight excluding hydrogens is 576 g/mol. The van der Waals surface area contributed by atoms with Crippen LogP contribution in [0.25, 0.3) is 21.5 Å². The lowest BCUT2D eigenvalue weighted by Crippen LogP contribution is -2.36. The molecule has 0 aromatic heterocycles. The number of Topliss-reactive ketones (excluding diaryl/α,β-unsaturated/α-hetero) is 1. The molecule has 1 aliphatic carbocycles. The molecule has 4 aromatic rings. The van der Waals surface area contributed by atoms with Gasteiger partial charge in [0.2, 0.25) is 5.69 Å². The number of hydrogen-bond donors (Lipinski definition) is 1. The minimum Gasteiger partial charge on any atom is -0.478 e. The number of allylic oxidation sites excluding steroid dienone is 5. The van der Waals surface area contributed by atoms with Gasteiger partial charge in [-0.2, -0.15) is 14.2 Å². The summed E-state index contributed by atoms with van der Waals surface area (Å²) in [5.74, 6) is -1.42. The van der Waals surface area contributed by atoms with Crippen molar-refractivity contribution in [3.8, 4) is 0 Å². The maximum atomic E-state index is 13.7. The quantitative estimate of drug-likeness (QED) is 0.154. The lowest BCUT2D eigenvalue weighted by atomic mass is 9.70. The van der Waals surface area contributed by atoms with Crippen molar-refractivity contribution < 1.29 is 28.9 Å². The van der Waals surface area contributed by atoms with E-state index < -0.39 is 17.3 Å². The molecule has 2 heterocycles. The first kappa shape index (κ1) is 30.6. The molecular formula is C39H34N2O5. The van der Waals surface area contributed by atoms with Crippen molar-refractivity contribution in [2.45, 2.75) is 38.5 Å². The summed E-state index contributed by atoms with van der Waals surface area (Å²) in [5.41, 5.74) is 7.33. The number of benzene rings is 4. The molecule has 0 bridgehead atoms. The van der Waals surface area contributed by atoms with Gasteiger partial charge >= 0.3 is 12.1 Å². The van der Waals surface area contributed by atoms with Crippen LogP contribution < -0.4 is 4.90 Å². The van der Waals surface area contributed by atoms with Crippen LogP contribution in [0.5, 0.6) is 0 Å². The van der Waals surface area contributed by atoms with Crippen molar-refractivity contribution in [1.29, 1.82) is 0 Å². The number of nitrogens with zero attached hydrogens (tertiary/aromatic N) is 2. The van der Waals surface area contributed by atoms with E-state index in [4.69, 9.17) is 16.2 Å². The molecule has 0 radical (unpaired) electrons. The van der Waals surface area contributed by atoms with Gasteiger partial charge in [-0.25, -0.2) is 10.4 Å². The molecule has 0 amide bonds. The van der Waals surface area contributed by atoms with E-state index in [9.17, 15) is 14.7 Å². The zero-order valence-electron chi connectivity index (χ0n) is 26.6. The third kappa shape index (κ3) is 4.31. The van der Waals surface area contributed by atoms with Crippen LogP contribution in [0.4, 0.5) is 11.4 Å². The molecule has 230 valence electrons. The molecule has 1 saturated carbocycles. The van der Waals surface area contributed by atoms with Gasteiger partial charge in [-0.15, -0.1) is 5.57 Å². The Kier molecular flexibility index (Phi) is 7.06. The summed E-state index contributed by atoms with van der Waals surface area (Å²) in [4.78, 5) is 43.7. The van der Waals surface area contributed by atoms with Crippen molar-refractivity contribution in [1.82, 2.24) is 0 Å². The topological polar surface area (TPSA) is 94.8 Å². The number of fused-ring (bicyclic) bond motifs is 6. The first-order chi connectivity index (χ1) is 21.7. The zero-order chi connectivity index (χ0) is 33.3. The average molecular weight is 611 g/mol. The second kappa shape index (κ2) is 10.6. The first-order valence-corrected chi connectivity index (χ1v) is 15.0. The van der Waals surface area contributed by atoms with E-state index in [1.165, 1.54) is 16.3 Å². The van der Waals surface area contributed by atoms with Gasteiger partial charge in [-0.05, 0) is 65.2 Å². The average Bonchev–Trinajstić information content (AvgIpc) is 3.35. The van der Waals surface area contributed by atoms with Gasteiger partial charge in [-0.1, -0.05) is 62.4 Å². The van der Waals surface area contributed by atoms with E-state index in [0.29, 0.717) is 11.1 Å². The van der Waals surface area contributed by atoms with Crippen molar-refractivity contribution in [3.05, 3.63) is 119 Å². The predicted molar refractivity (Wildman–Crippen MR) is 178 cm³/mol. The lowest BCUT2D eigenvalue weighted by Gasteiger charge is -2.40. The van der Waals surface area contributed by atoms with Crippen LogP contribution in [0.1, 0.15) is 49.2 Å². The molecule has 1 atom stereocenters. The number of ketones is 1. The molecule has 46 heavy (non-hydrogen) atoms. The molecule has 3 aliphatic rings. The monoisotopic (exact) mass is 610 g/mol. The molecule has 0 spiro atoms. The Morgan fingerprint density at radius 1 is 0.935 bits per heavy atom. The highest BCUT2D eigenvalue weighted by Gasteiger charge is 2.45. The fraction of sp³-hybridized carbons (Fsp3) is 0.231. The highest BCUT2D eigenvalue weighted by Crippen LogP contribution is 2.52. The van der Waals surface area contributed by atoms with Crippen LogP contribution in [0.3, 0.4) is 0 Å². The minimum atomic E-state index is -0.944. The van der Waals surface area contributed by atoms with Crippen LogP contribution in [-0.2, 0) is 25.2 Å². The number of carbonyl (C=O) groups excluding carboxylic acids is 3. The molecule has 0 saturated heterocycles. The van der Waals surface area contributed by atoms with Gasteiger partial charge in [0.05, 0.1) is 16.8 Å². The molecule has 4 aromatic carbocycles. The largest absolute Gasteiger partial charge is 0.478 e. The molecule has 7 heteroatoms. The van der Waals surface area contributed by atoms with Gasteiger partial charge in [0.15, 0.2) is 5.71 Å². The van der Waals surface area contributed by atoms with Crippen molar-refractivity contribution >= 4 is 56.5 Å². The molecule has 1 unspecified atom stereocenters. The summed E-state index contributed by atoms with van der Waals surface area (Å²) in [5, 5.41) is 13.8. The molecule has 1 N–H and O–H groups in total. The van der Waals surface area contributed by atoms with Crippen molar-refractivity contribution in [3.63, 3.8) is 0 Å². The van der Waals surface area contributed by atoms with Crippen LogP contribution in [0, 0.1) is 12.5 Å². The van der Waals surface area contributed by atoms with Gasteiger partial charge < -0.3 is 14.8 Å². The Hall–Kier alpha value is -5.39. The normalized spacial score (nSPS) is 20.8. The Bertz CT molecular complexity index is 2160.